The molecule has 0 spiro atoms. The van der Waals surface area contributed by atoms with E-state index >= 15 is 0 Å². The fourth-order valence-electron chi connectivity index (χ4n) is 3.29. The summed E-state index contributed by atoms with van der Waals surface area (Å²) in [5, 5.41) is 3.29. The Morgan fingerprint density at radius 1 is 1.50 bits per heavy atom. The van der Waals surface area contributed by atoms with Crippen molar-refractivity contribution in [2.45, 2.75) is 38.8 Å². The minimum Gasteiger partial charge on any atom is -0.493 e. The normalized spacial score (nSPS) is 22.5. The van der Waals surface area contributed by atoms with E-state index < -0.39 is 0 Å². The number of carbonyl (C=O) groups excluding carboxylic acids is 1. The summed E-state index contributed by atoms with van der Waals surface area (Å²) in [6.45, 7) is 6.46. The van der Waals surface area contributed by atoms with E-state index in [0.29, 0.717) is 6.61 Å². The Bertz CT molecular complexity index is 636. The van der Waals surface area contributed by atoms with Crippen molar-refractivity contribution in [2.24, 2.45) is 0 Å². The molecular weight excluding hydrogens is 304 g/mol. The number of benzene rings is 1. The summed E-state index contributed by atoms with van der Waals surface area (Å²) in [5.74, 6) is 1.72. The summed E-state index contributed by atoms with van der Waals surface area (Å²) in [7, 11) is 1.86. The molecule has 130 valence electrons. The van der Waals surface area contributed by atoms with Gasteiger partial charge in [-0.25, -0.2) is 0 Å². The minimum atomic E-state index is 0.0148. The molecule has 2 aliphatic rings. The summed E-state index contributed by atoms with van der Waals surface area (Å²) < 4.78 is 11.6. The fourth-order valence-corrected chi connectivity index (χ4v) is 3.29. The van der Waals surface area contributed by atoms with Crippen LogP contribution in [0.15, 0.2) is 18.2 Å². The average Bonchev–Trinajstić information content (AvgIpc) is 3.20. The molecule has 2 aliphatic heterocycles. The van der Waals surface area contributed by atoms with Gasteiger partial charge in [-0.1, -0.05) is 0 Å². The van der Waals surface area contributed by atoms with Crippen LogP contribution in [0.1, 0.15) is 31.4 Å². The Hall–Kier alpha value is -2.01. The highest BCUT2D eigenvalue weighted by Gasteiger charge is 2.23. The Kier molecular flexibility index (Phi) is 5.09. The predicted octanol–water partition coefficient (Wildman–Crippen LogP) is 2.24. The molecule has 1 saturated heterocycles. The summed E-state index contributed by atoms with van der Waals surface area (Å²) in [4.78, 5) is 14.2. The first-order valence-electron chi connectivity index (χ1n) is 8.70. The molecule has 2 heterocycles. The fraction of sp³-hybridized carbons (Fsp3) is 0.526. The number of nitrogens with one attached hydrogen (secondary N) is 1. The van der Waals surface area contributed by atoms with Crippen LogP contribution < -0.4 is 14.8 Å². The van der Waals surface area contributed by atoms with E-state index in [2.05, 4.69) is 12.2 Å². The summed E-state index contributed by atoms with van der Waals surface area (Å²) in [5.41, 5.74) is 2.06. The highest BCUT2D eigenvalue weighted by molar-refractivity contribution is 5.92. The molecule has 0 radical (unpaired) electrons. The molecule has 0 aliphatic carbocycles. The van der Waals surface area contributed by atoms with Crippen molar-refractivity contribution in [3.63, 3.8) is 0 Å². The highest BCUT2D eigenvalue weighted by atomic mass is 16.5. The van der Waals surface area contributed by atoms with E-state index in [0.717, 1.165) is 43.0 Å². The lowest BCUT2D eigenvalue weighted by molar-refractivity contribution is -0.126. The zero-order chi connectivity index (χ0) is 17.1. The number of hydrogen-bond donors (Lipinski definition) is 1. The Morgan fingerprint density at radius 3 is 3.04 bits per heavy atom. The van der Waals surface area contributed by atoms with Crippen LogP contribution in [0.3, 0.4) is 0 Å². The SMILES string of the molecule is CCOc1cc2c(cc1C=CC(=O)N(C)C1CCNC1)OC(C)C2. The number of ether oxygens (including phenoxy) is 2. The van der Waals surface area contributed by atoms with E-state index in [9.17, 15) is 4.79 Å². The number of nitrogens with zero attached hydrogens (tertiary/aromatic N) is 1. The van der Waals surface area contributed by atoms with Gasteiger partial charge in [0, 0.05) is 43.3 Å². The van der Waals surface area contributed by atoms with Crippen LogP contribution in [-0.4, -0.2) is 49.7 Å². The molecule has 0 aromatic heterocycles. The number of likely N-dealkylation sites (N-methyl/N-ethyl adjacent to an activating group) is 1. The lowest BCUT2D eigenvalue weighted by Crippen LogP contribution is -2.37. The maximum atomic E-state index is 12.4. The molecule has 3 rings (SSSR count). The van der Waals surface area contributed by atoms with Crippen molar-refractivity contribution >= 4 is 12.0 Å². The number of carbonyl (C=O) groups is 1. The zero-order valence-corrected chi connectivity index (χ0v) is 14.7. The van der Waals surface area contributed by atoms with Crippen molar-refractivity contribution in [2.75, 3.05) is 26.7 Å². The number of amides is 1. The molecule has 0 saturated carbocycles. The molecule has 1 aromatic rings. The van der Waals surface area contributed by atoms with Crippen LogP contribution in [0.4, 0.5) is 0 Å². The topological polar surface area (TPSA) is 50.8 Å². The molecular formula is C19H26N2O3. The van der Waals surface area contributed by atoms with Gasteiger partial charge in [-0.15, -0.1) is 0 Å². The third-order valence-corrected chi connectivity index (χ3v) is 4.66. The second-order valence-corrected chi connectivity index (χ2v) is 6.49. The Labute approximate surface area is 143 Å². The van der Waals surface area contributed by atoms with Gasteiger partial charge < -0.3 is 19.7 Å². The van der Waals surface area contributed by atoms with E-state index in [1.54, 1.807) is 6.08 Å². The standard InChI is InChI=1S/C19H26N2O3/c1-4-23-17-11-15-9-13(2)24-18(15)10-14(17)5-6-19(22)21(3)16-7-8-20-12-16/h5-6,10-11,13,16,20H,4,7-9,12H2,1-3H3. The zero-order valence-electron chi connectivity index (χ0n) is 14.7. The van der Waals surface area contributed by atoms with Crippen LogP contribution in [0.25, 0.3) is 6.08 Å². The maximum absolute atomic E-state index is 12.4. The van der Waals surface area contributed by atoms with Gasteiger partial charge in [0.25, 0.3) is 0 Å². The third-order valence-electron chi connectivity index (χ3n) is 4.66. The smallest absolute Gasteiger partial charge is 0.246 e. The van der Waals surface area contributed by atoms with E-state index in [-0.39, 0.29) is 18.1 Å². The van der Waals surface area contributed by atoms with Crippen molar-refractivity contribution in [1.82, 2.24) is 10.2 Å². The van der Waals surface area contributed by atoms with Gasteiger partial charge in [0.15, 0.2) is 0 Å². The molecule has 2 atom stereocenters. The summed E-state index contributed by atoms with van der Waals surface area (Å²) >= 11 is 0. The lowest BCUT2D eigenvalue weighted by Gasteiger charge is -2.22. The molecule has 24 heavy (non-hydrogen) atoms. The molecule has 1 fully saturated rings. The lowest BCUT2D eigenvalue weighted by atomic mass is 10.1. The third kappa shape index (κ3) is 3.56. The van der Waals surface area contributed by atoms with Gasteiger partial charge in [-0.2, -0.15) is 0 Å². The second-order valence-electron chi connectivity index (χ2n) is 6.49. The van der Waals surface area contributed by atoms with Gasteiger partial charge >= 0.3 is 0 Å². The molecule has 0 bridgehead atoms. The number of rotatable bonds is 5. The van der Waals surface area contributed by atoms with Crippen LogP contribution in [0, 0.1) is 0 Å². The average molecular weight is 330 g/mol. The number of hydrogen-bond acceptors (Lipinski definition) is 4. The molecule has 2 unspecified atom stereocenters. The van der Waals surface area contributed by atoms with Crippen LogP contribution in [0.2, 0.25) is 0 Å². The molecule has 1 N–H and O–H groups in total. The van der Waals surface area contributed by atoms with Gasteiger partial charge in [-0.3, -0.25) is 4.79 Å². The Morgan fingerprint density at radius 2 is 2.33 bits per heavy atom. The monoisotopic (exact) mass is 330 g/mol. The largest absolute Gasteiger partial charge is 0.493 e. The van der Waals surface area contributed by atoms with E-state index in [1.165, 1.54) is 5.56 Å². The first-order chi connectivity index (χ1) is 11.6. The van der Waals surface area contributed by atoms with Crippen molar-refractivity contribution in [1.29, 1.82) is 0 Å². The number of fused-ring (bicyclic) bond motifs is 1. The molecule has 5 heteroatoms. The van der Waals surface area contributed by atoms with E-state index in [4.69, 9.17) is 9.47 Å². The molecule has 1 amide bonds. The van der Waals surface area contributed by atoms with Crippen molar-refractivity contribution < 1.29 is 14.3 Å². The van der Waals surface area contributed by atoms with Crippen molar-refractivity contribution in [3.05, 3.63) is 29.3 Å². The first-order valence-corrected chi connectivity index (χ1v) is 8.70. The van der Waals surface area contributed by atoms with Gasteiger partial charge in [0.2, 0.25) is 5.91 Å². The summed E-state index contributed by atoms with van der Waals surface area (Å²) in [6.07, 6.45) is 5.55. The van der Waals surface area contributed by atoms with Gasteiger partial charge in [0.1, 0.15) is 17.6 Å². The summed E-state index contributed by atoms with van der Waals surface area (Å²) in [6, 6.07) is 4.29. The highest BCUT2D eigenvalue weighted by Crippen LogP contribution is 2.35. The first kappa shape index (κ1) is 16.8. The van der Waals surface area contributed by atoms with Crippen molar-refractivity contribution in [3.8, 4) is 11.5 Å². The Balaban J connectivity index is 1.78. The van der Waals surface area contributed by atoms with Crippen LogP contribution in [-0.2, 0) is 11.2 Å². The van der Waals surface area contributed by atoms with Gasteiger partial charge in [-0.05, 0) is 45.0 Å². The maximum Gasteiger partial charge on any atom is 0.246 e. The molecule has 5 nitrogen and oxygen atoms in total. The minimum absolute atomic E-state index is 0.0148. The predicted molar refractivity (Wildman–Crippen MR) is 94.5 cm³/mol. The quantitative estimate of drug-likeness (QED) is 0.841. The van der Waals surface area contributed by atoms with Gasteiger partial charge in [0.05, 0.1) is 6.61 Å². The van der Waals surface area contributed by atoms with E-state index in [1.807, 2.05) is 37.1 Å². The van der Waals surface area contributed by atoms with Crippen LogP contribution in [0.5, 0.6) is 11.5 Å². The second kappa shape index (κ2) is 7.26. The van der Waals surface area contributed by atoms with Crippen LogP contribution >= 0.6 is 0 Å². The molecule has 1 aromatic carbocycles.